The van der Waals surface area contributed by atoms with Gasteiger partial charge in [0.2, 0.25) is 5.91 Å². The number of nitrogens with one attached hydrogen (secondary N) is 1. The van der Waals surface area contributed by atoms with Crippen molar-refractivity contribution in [2.45, 2.75) is 62.8 Å². The van der Waals surface area contributed by atoms with Crippen LogP contribution in [0.25, 0.3) is 0 Å². The lowest BCUT2D eigenvalue weighted by Crippen LogP contribution is -2.54. The molecule has 4 heteroatoms. The largest absolute Gasteiger partial charge is 0.355 e. The molecule has 0 bridgehead atoms. The molecule has 31 heavy (non-hydrogen) atoms. The summed E-state index contributed by atoms with van der Waals surface area (Å²) >= 11 is 0. The molecular formula is C27H33FN2O. The number of carbonyl (C=O) groups is 1. The van der Waals surface area contributed by atoms with Gasteiger partial charge < -0.3 is 5.32 Å². The van der Waals surface area contributed by atoms with E-state index in [0.29, 0.717) is 6.54 Å². The molecule has 2 saturated heterocycles. The molecule has 0 aromatic heterocycles. The van der Waals surface area contributed by atoms with Gasteiger partial charge in [0.25, 0.3) is 0 Å². The number of nitrogens with zero attached hydrogens (tertiary/aromatic N) is 1. The molecule has 1 saturated carbocycles. The lowest BCUT2D eigenvalue weighted by atomic mass is 9.66. The molecule has 2 aliphatic heterocycles. The van der Waals surface area contributed by atoms with E-state index >= 15 is 0 Å². The highest BCUT2D eigenvalue weighted by atomic mass is 19.1. The molecular weight excluding hydrogens is 387 g/mol. The van der Waals surface area contributed by atoms with Crippen LogP contribution < -0.4 is 5.32 Å². The Labute approximate surface area is 185 Å². The van der Waals surface area contributed by atoms with E-state index in [1.807, 2.05) is 12.1 Å². The minimum atomic E-state index is -0.364. The summed E-state index contributed by atoms with van der Waals surface area (Å²) in [4.78, 5) is 15.8. The Balaban J connectivity index is 1.42. The van der Waals surface area contributed by atoms with Gasteiger partial charge in [0.15, 0.2) is 0 Å². The Hall–Kier alpha value is -2.20. The number of halogens is 1. The number of carbonyl (C=O) groups excluding carboxylic acids is 1. The van der Waals surface area contributed by atoms with E-state index < -0.39 is 0 Å². The molecule has 1 amide bonds. The molecule has 1 N–H and O–H groups in total. The third-order valence-electron chi connectivity index (χ3n) is 8.36. The zero-order chi connectivity index (χ0) is 21.3. The summed E-state index contributed by atoms with van der Waals surface area (Å²) in [5, 5.41) is 3.14. The van der Waals surface area contributed by atoms with Crippen LogP contribution in [0, 0.1) is 11.2 Å². The maximum absolute atomic E-state index is 13.5. The van der Waals surface area contributed by atoms with Crippen molar-refractivity contribution in [1.29, 1.82) is 0 Å². The molecule has 3 aliphatic rings. The van der Waals surface area contributed by atoms with Gasteiger partial charge in [0.1, 0.15) is 5.82 Å². The molecule has 2 aromatic rings. The van der Waals surface area contributed by atoms with Gasteiger partial charge in [-0.3, -0.25) is 9.69 Å². The molecule has 3 fully saturated rings. The van der Waals surface area contributed by atoms with E-state index in [1.54, 1.807) is 0 Å². The van der Waals surface area contributed by atoms with Gasteiger partial charge in [-0.2, -0.15) is 0 Å². The molecule has 164 valence electrons. The smallest absolute Gasteiger partial charge is 0.227 e. The predicted octanol–water partition coefficient (Wildman–Crippen LogP) is 5.37. The number of piperidine rings is 1. The van der Waals surface area contributed by atoms with Crippen LogP contribution in [0.3, 0.4) is 0 Å². The minimum Gasteiger partial charge on any atom is -0.355 e. The average Bonchev–Trinajstić information content (AvgIpc) is 2.98. The van der Waals surface area contributed by atoms with Gasteiger partial charge in [0.05, 0.1) is 5.41 Å². The minimum absolute atomic E-state index is 0.0970. The Bertz CT molecular complexity index is 895. The molecule has 5 rings (SSSR count). The molecule has 1 aliphatic carbocycles. The third kappa shape index (κ3) is 3.59. The summed E-state index contributed by atoms with van der Waals surface area (Å²) in [5.74, 6) is 0.101. The van der Waals surface area contributed by atoms with Crippen LogP contribution in [0.2, 0.25) is 0 Å². The molecule has 1 unspecified atom stereocenters. The van der Waals surface area contributed by atoms with E-state index in [9.17, 15) is 9.18 Å². The van der Waals surface area contributed by atoms with Crippen LogP contribution in [0.1, 0.15) is 68.4 Å². The van der Waals surface area contributed by atoms with E-state index in [2.05, 4.69) is 40.5 Å². The number of benzene rings is 2. The third-order valence-corrected chi connectivity index (χ3v) is 8.36. The maximum Gasteiger partial charge on any atom is 0.227 e. The van der Waals surface area contributed by atoms with Crippen molar-refractivity contribution in [3.05, 3.63) is 71.5 Å². The van der Waals surface area contributed by atoms with Crippen LogP contribution in [0.4, 0.5) is 4.39 Å². The zero-order valence-corrected chi connectivity index (χ0v) is 18.3. The van der Waals surface area contributed by atoms with Crippen molar-refractivity contribution in [3.8, 4) is 0 Å². The molecule has 3 nitrogen and oxygen atoms in total. The predicted molar refractivity (Wildman–Crippen MR) is 121 cm³/mol. The molecule has 2 heterocycles. The number of hydrogen-bond donors (Lipinski definition) is 1. The molecule has 1 spiro atoms. The summed E-state index contributed by atoms with van der Waals surface area (Å²) in [5.41, 5.74) is 2.26. The van der Waals surface area contributed by atoms with Crippen molar-refractivity contribution >= 4 is 5.91 Å². The van der Waals surface area contributed by atoms with Crippen LogP contribution >= 0.6 is 0 Å². The Morgan fingerprint density at radius 2 is 1.48 bits per heavy atom. The number of hydrogen-bond acceptors (Lipinski definition) is 2. The van der Waals surface area contributed by atoms with E-state index in [4.69, 9.17) is 0 Å². The summed E-state index contributed by atoms with van der Waals surface area (Å²) in [6.45, 7) is 2.55. The number of amides is 1. The van der Waals surface area contributed by atoms with Gasteiger partial charge in [0, 0.05) is 31.1 Å². The fraction of sp³-hybridized carbons (Fsp3) is 0.519. The number of rotatable bonds is 3. The SMILES string of the molecule is O=C1NCC(c2ccc(F)cc2)C12CCN(C1(c3ccccc3)CCCCCC1)CC2. The van der Waals surface area contributed by atoms with E-state index in [-0.39, 0.29) is 28.6 Å². The van der Waals surface area contributed by atoms with Crippen molar-refractivity contribution < 1.29 is 9.18 Å². The lowest BCUT2D eigenvalue weighted by molar-refractivity contribution is -0.132. The molecule has 1 atom stereocenters. The first kappa shape index (κ1) is 20.7. The van der Waals surface area contributed by atoms with Crippen LogP contribution in [-0.4, -0.2) is 30.4 Å². The molecule has 2 aromatic carbocycles. The average molecular weight is 421 g/mol. The molecule has 0 radical (unpaired) electrons. The Kier molecular flexibility index (Phi) is 5.60. The van der Waals surface area contributed by atoms with Gasteiger partial charge in [-0.1, -0.05) is 68.1 Å². The van der Waals surface area contributed by atoms with Crippen LogP contribution in [0.5, 0.6) is 0 Å². The summed E-state index contributed by atoms with van der Waals surface area (Å²) in [6.07, 6.45) is 9.34. The Morgan fingerprint density at radius 1 is 0.839 bits per heavy atom. The monoisotopic (exact) mass is 420 g/mol. The lowest BCUT2D eigenvalue weighted by Gasteiger charge is -2.50. The first-order valence-electron chi connectivity index (χ1n) is 12.0. The van der Waals surface area contributed by atoms with Crippen molar-refractivity contribution in [2.75, 3.05) is 19.6 Å². The first-order valence-corrected chi connectivity index (χ1v) is 12.0. The van der Waals surface area contributed by atoms with Gasteiger partial charge in [-0.25, -0.2) is 4.39 Å². The summed E-state index contributed by atoms with van der Waals surface area (Å²) in [7, 11) is 0. The zero-order valence-electron chi connectivity index (χ0n) is 18.3. The summed E-state index contributed by atoms with van der Waals surface area (Å²) < 4.78 is 13.5. The van der Waals surface area contributed by atoms with Crippen molar-refractivity contribution in [3.63, 3.8) is 0 Å². The van der Waals surface area contributed by atoms with Crippen molar-refractivity contribution in [1.82, 2.24) is 10.2 Å². The highest BCUT2D eigenvalue weighted by Crippen LogP contribution is 2.51. The van der Waals surface area contributed by atoms with E-state index in [1.165, 1.54) is 56.2 Å². The normalized spacial score (nSPS) is 25.8. The second-order valence-corrected chi connectivity index (χ2v) is 9.77. The first-order chi connectivity index (χ1) is 15.1. The maximum atomic E-state index is 13.5. The topological polar surface area (TPSA) is 32.3 Å². The Morgan fingerprint density at radius 3 is 2.13 bits per heavy atom. The van der Waals surface area contributed by atoms with Crippen LogP contribution in [-0.2, 0) is 10.3 Å². The fourth-order valence-corrected chi connectivity index (χ4v) is 6.61. The standard InChI is InChI=1S/C27H33FN2O/c28-23-12-10-21(11-13-23)24-20-29-25(31)26(24)16-18-30(19-17-26)27(14-6-1-2-7-15-27)22-8-4-3-5-9-22/h3-5,8-13,24H,1-2,6-7,14-20H2,(H,29,31). The van der Waals surface area contributed by atoms with E-state index in [0.717, 1.165) is 31.5 Å². The second-order valence-electron chi connectivity index (χ2n) is 9.77. The van der Waals surface area contributed by atoms with Gasteiger partial charge >= 0.3 is 0 Å². The van der Waals surface area contributed by atoms with Crippen LogP contribution in [0.15, 0.2) is 54.6 Å². The second kappa shape index (κ2) is 8.38. The van der Waals surface area contributed by atoms with Gasteiger partial charge in [-0.05, 0) is 48.9 Å². The highest BCUT2D eigenvalue weighted by molar-refractivity contribution is 5.86. The fourth-order valence-electron chi connectivity index (χ4n) is 6.61. The highest BCUT2D eigenvalue weighted by Gasteiger charge is 2.54. The quantitative estimate of drug-likeness (QED) is 0.677. The van der Waals surface area contributed by atoms with Gasteiger partial charge in [-0.15, -0.1) is 0 Å². The van der Waals surface area contributed by atoms with Crippen molar-refractivity contribution in [2.24, 2.45) is 5.41 Å². The summed E-state index contributed by atoms with van der Waals surface area (Å²) in [6, 6.07) is 17.8. The number of likely N-dealkylation sites (tertiary alicyclic amines) is 1.